The highest BCUT2D eigenvalue weighted by atomic mass is 16.5. The molecule has 1 aromatic carbocycles. The molecule has 1 saturated carbocycles. The van der Waals surface area contributed by atoms with Crippen LogP contribution in [0.4, 0.5) is 10.5 Å². The lowest BCUT2D eigenvalue weighted by molar-refractivity contribution is 0.0303. The predicted molar refractivity (Wildman–Crippen MR) is 110 cm³/mol. The van der Waals surface area contributed by atoms with Crippen LogP contribution in [0.2, 0.25) is 0 Å². The quantitative estimate of drug-likeness (QED) is 0.827. The van der Waals surface area contributed by atoms with Crippen LogP contribution in [0.1, 0.15) is 50.4 Å². The summed E-state index contributed by atoms with van der Waals surface area (Å²) in [5, 5.41) is 6.10. The van der Waals surface area contributed by atoms with Crippen LogP contribution in [0.3, 0.4) is 0 Å². The van der Waals surface area contributed by atoms with Crippen molar-refractivity contribution in [2.24, 2.45) is 17.8 Å². The summed E-state index contributed by atoms with van der Waals surface area (Å²) in [4.78, 5) is 27.4. The molecular formula is C22H33N3O3. The molecule has 1 aliphatic heterocycles. The molecule has 3 atom stereocenters. The first-order valence-corrected chi connectivity index (χ1v) is 10.5. The second-order valence-corrected chi connectivity index (χ2v) is 8.48. The van der Waals surface area contributed by atoms with Crippen molar-refractivity contribution in [2.45, 2.75) is 46.1 Å². The maximum Gasteiger partial charge on any atom is 0.319 e. The topological polar surface area (TPSA) is 70.7 Å². The van der Waals surface area contributed by atoms with Crippen molar-refractivity contribution in [3.8, 4) is 0 Å². The zero-order chi connectivity index (χ0) is 20.1. The van der Waals surface area contributed by atoms with Gasteiger partial charge in [0.05, 0.1) is 24.5 Å². The minimum Gasteiger partial charge on any atom is -0.378 e. The molecule has 2 aliphatic rings. The van der Waals surface area contributed by atoms with Crippen molar-refractivity contribution >= 4 is 17.6 Å². The Morgan fingerprint density at radius 3 is 2.57 bits per heavy atom. The second kappa shape index (κ2) is 9.41. The van der Waals surface area contributed by atoms with E-state index in [1.54, 1.807) is 17.0 Å². The van der Waals surface area contributed by atoms with Crippen molar-refractivity contribution in [3.63, 3.8) is 0 Å². The average Bonchev–Trinajstić information content (AvgIpc) is 2.68. The molecule has 1 aromatic rings. The lowest BCUT2D eigenvalue weighted by atomic mass is 9.74. The number of urea groups is 1. The monoisotopic (exact) mass is 387 g/mol. The van der Waals surface area contributed by atoms with Crippen LogP contribution in [0.15, 0.2) is 24.3 Å². The highest BCUT2D eigenvalue weighted by Gasteiger charge is 2.32. The van der Waals surface area contributed by atoms with Gasteiger partial charge >= 0.3 is 6.03 Å². The van der Waals surface area contributed by atoms with Gasteiger partial charge in [0.15, 0.2) is 0 Å². The molecule has 0 bridgehead atoms. The van der Waals surface area contributed by atoms with Crippen molar-refractivity contribution < 1.29 is 14.3 Å². The van der Waals surface area contributed by atoms with Crippen LogP contribution in [-0.2, 0) is 4.74 Å². The number of carbonyl (C=O) groups excluding carboxylic acids is 2. The summed E-state index contributed by atoms with van der Waals surface area (Å²) in [6, 6.07) is 7.17. The van der Waals surface area contributed by atoms with Crippen LogP contribution >= 0.6 is 0 Å². The van der Waals surface area contributed by atoms with Gasteiger partial charge in [-0.15, -0.1) is 0 Å². The Bertz CT molecular complexity index is 685. The number of hydrogen-bond acceptors (Lipinski definition) is 3. The number of nitrogens with one attached hydrogen (secondary N) is 2. The number of para-hydroxylation sites is 1. The van der Waals surface area contributed by atoms with Gasteiger partial charge in [-0.1, -0.05) is 39.3 Å². The fourth-order valence-corrected chi connectivity index (χ4v) is 4.41. The molecule has 2 N–H and O–H groups in total. The molecule has 1 aliphatic carbocycles. The molecule has 1 saturated heterocycles. The van der Waals surface area contributed by atoms with Crippen LogP contribution in [-0.4, -0.2) is 49.2 Å². The second-order valence-electron chi connectivity index (χ2n) is 8.48. The van der Waals surface area contributed by atoms with Crippen LogP contribution < -0.4 is 10.6 Å². The third-order valence-corrected chi connectivity index (χ3v) is 6.04. The normalized spacial score (nSPS) is 25.4. The number of amides is 3. The summed E-state index contributed by atoms with van der Waals surface area (Å²) >= 11 is 0. The SMILES string of the molecule is CC(C)[C@@H]1CC[C@@H](C)C[C@@H]1NC(=O)Nc1ccccc1C(=O)N1CCOCC1. The number of carbonyl (C=O) groups is 2. The largest absolute Gasteiger partial charge is 0.378 e. The first kappa shape index (κ1) is 20.6. The lowest BCUT2D eigenvalue weighted by Gasteiger charge is -2.37. The molecule has 0 spiro atoms. The maximum atomic E-state index is 12.9. The molecule has 6 nitrogen and oxygen atoms in total. The fourth-order valence-electron chi connectivity index (χ4n) is 4.41. The highest BCUT2D eigenvalue weighted by molar-refractivity contribution is 6.03. The van der Waals surface area contributed by atoms with Gasteiger partial charge < -0.3 is 20.3 Å². The van der Waals surface area contributed by atoms with E-state index < -0.39 is 0 Å². The first-order chi connectivity index (χ1) is 13.5. The zero-order valence-corrected chi connectivity index (χ0v) is 17.2. The number of anilines is 1. The molecule has 1 heterocycles. The lowest BCUT2D eigenvalue weighted by Crippen LogP contribution is -2.47. The van der Waals surface area contributed by atoms with Crippen molar-refractivity contribution in [1.29, 1.82) is 0 Å². The van der Waals surface area contributed by atoms with E-state index in [0.717, 1.165) is 12.8 Å². The molecular weight excluding hydrogens is 354 g/mol. The Labute approximate surface area is 168 Å². The number of hydrogen-bond donors (Lipinski definition) is 2. The van der Waals surface area contributed by atoms with Crippen LogP contribution in [0.5, 0.6) is 0 Å². The molecule has 3 rings (SSSR count). The number of rotatable bonds is 4. The van der Waals surface area contributed by atoms with Crippen molar-refractivity contribution in [2.75, 3.05) is 31.6 Å². The summed E-state index contributed by atoms with van der Waals surface area (Å²) in [6.45, 7) is 8.97. The van der Waals surface area contributed by atoms with Crippen LogP contribution in [0.25, 0.3) is 0 Å². The van der Waals surface area contributed by atoms with E-state index in [1.807, 2.05) is 12.1 Å². The third kappa shape index (κ3) is 5.04. The van der Waals surface area contributed by atoms with Crippen LogP contribution in [0, 0.1) is 17.8 Å². The Balaban J connectivity index is 1.67. The van der Waals surface area contributed by atoms with E-state index in [2.05, 4.69) is 31.4 Å². The molecule has 0 unspecified atom stereocenters. The van der Waals surface area contributed by atoms with Gasteiger partial charge in [0.2, 0.25) is 0 Å². The summed E-state index contributed by atoms with van der Waals surface area (Å²) in [7, 11) is 0. The third-order valence-electron chi connectivity index (χ3n) is 6.04. The molecule has 154 valence electrons. The smallest absolute Gasteiger partial charge is 0.319 e. The summed E-state index contributed by atoms with van der Waals surface area (Å²) in [6.07, 6.45) is 3.38. The summed E-state index contributed by atoms with van der Waals surface area (Å²) < 4.78 is 5.33. The van der Waals surface area contributed by atoms with Gasteiger partial charge in [-0.2, -0.15) is 0 Å². The minimum atomic E-state index is -0.230. The number of morpholine rings is 1. The predicted octanol–water partition coefficient (Wildman–Crippen LogP) is 3.74. The highest BCUT2D eigenvalue weighted by Crippen LogP contribution is 2.33. The summed E-state index contributed by atoms with van der Waals surface area (Å²) in [5.41, 5.74) is 1.08. The number of benzene rings is 1. The molecule has 2 fully saturated rings. The minimum absolute atomic E-state index is 0.0643. The van der Waals surface area contributed by atoms with Gasteiger partial charge in [-0.25, -0.2) is 4.79 Å². The Morgan fingerprint density at radius 1 is 1.14 bits per heavy atom. The van der Waals surface area contributed by atoms with Crippen molar-refractivity contribution in [3.05, 3.63) is 29.8 Å². The molecule has 3 amide bonds. The number of ether oxygens (including phenoxy) is 1. The maximum absolute atomic E-state index is 12.9. The number of nitrogens with zero attached hydrogens (tertiary/aromatic N) is 1. The fraction of sp³-hybridized carbons (Fsp3) is 0.636. The molecule has 6 heteroatoms. The van der Waals surface area contributed by atoms with Gasteiger partial charge in [0, 0.05) is 19.1 Å². The van der Waals surface area contributed by atoms with E-state index in [4.69, 9.17) is 4.74 Å². The van der Waals surface area contributed by atoms with E-state index in [9.17, 15) is 9.59 Å². The Kier molecular flexibility index (Phi) is 6.94. The van der Waals surface area contributed by atoms with E-state index >= 15 is 0 Å². The average molecular weight is 388 g/mol. The molecule has 28 heavy (non-hydrogen) atoms. The zero-order valence-electron chi connectivity index (χ0n) is 17.2. The standard InChI is InChI=1S/C22H33N3O3/c1-15(2)17-9-8-16(3)14-20(17)24-22(27)23-19-7-5-4-6-18(19)21(26)25-10-12-28-13-11-25/h4-7,15-17,20H,8-14H2,1-3H3,(H2,23,24,27)/t16-,17+,20+/m1/s1. The summed E-state index contributed by atoms with van der Waals surface area (Å²) in [5.74, 6) is 1.58. The van der Waals surface area contributed by atoms with Crippen molar-refractivity contribution in [1.82, 2.24) is 10.2 Å². The van der Waals surface area contributed by atoms with Gasteiger partial charge in [0.1, 0.15) is 0 Å². The van der Waals surface area contributed by atoms with E-state index in [-0.39, 0.29) is 18.0 Å². The van der Waals surface area contributed by atoms with Gasteiger partial charge in [-0.05, 0) is 42.7 Å². The first-order valence-electron chi connectivity index (χ1n) is 10.5. The Morgan fingerprint density at radius 2 is 1.86 bits per heavy atom. The van der Waals surface area contributed by atoms with Gasteiger partial charge in [-0.3, -0.25) is 4.79 Å². The van der Waals surface area contributed by atoms with E-state index in [0.29, 0.717) is 55.3 Å². The molecule has 0 aromatic heterocycles. The van der Waals surface area contributed by atoms with E-state index in [1.165, 1.54) is 6.42 Å². The molecule has 0 radical (unpaired) electrons. The van der Waals surface area contributed by atoms with Gasteiger partial charge in [0.25, 0.3) is 5.91 Å². The Hall–Kier alpha value is -2.08.